The monoisotopic (exact) mass is 501 g/mol. The smallest absolute Gasteiger partial charge is 0.174 e. The van der Waals surface area contributed by atoms with Crippen LogP contribution >= 0.6 is 11.6 Å². The Morgan fingerprint density at radius 3 is 2.51 bits per heavy atom. The Morgan fingerprint density at radius 1 is 1.03 bits per heavy atom. The number of morpholine rings is 1. The summed E-state index contributed by atoms with van der Waals surface area (Å²) in [7, 11) is 0. The highest BCUT2D eigenvalue weighted by Gasteiger charge is 2.26. The number of hydrogen-bond acceptors (Lipinski definition) is 7. The molecule has 1 saturated heterocycles. The fourth-order valence-corrected chi connectivity index (χ4v) is 4.47. The molecule has 0 spiro atoms. The topological polar surface area (TPSA) is 84.3 Å². The first-order valence-corrected chi connectivity index (χ1v) is 11.2. The molecular formula is C24H19ClF3N5O2. The van der Waals surface area contributed by atoms with Crippen LogP contribution in [0.1, 0.15) is 23.1 Å². The summed E-state index contributed by atoms with van der Waals surface area (Å²) in [5, 5.41) is 18.2. The van der Waals surface area contributed by atoms with Crippen molar-refractivity contribution in [2.75, 3.05) is 31.2 Å². The Morgan fingerprint density at radius 2 is 1.77 bits per heavy atom. The molecule has 1 fully saturated rings. The Kier molecular flexibility index (Phi) is 6.26. The van der Waals surface area contributed by atoms with Crippen molar-refractivity contribution in [1.29, 1.82) is 0 Å². The fraction of sp³-hybridized carbons (Fsp3) is 0.250. The summed E-state index contributed by atoms with van der Waals surface area (Å²) in [4.78, 5) is 9.90. The van der Waals surface area contributed by atoms with Crippen LogP contribution in [0.5, 0.6) is 0 Å². The zero-order valence-corrected chi connectivity index (χ0v) is 19.2. The molecular weight excluding hydrogens is 483 g/mol. The third-order valence-corrected chi connectivity index (χ3v) is 6.31. The molecule has 2 aromatic heterocycles. The number of rotatable bonds is 4. The van der Waals surface area contributed by atoms with Gasteiger partial charge in [-0.15, -0.1) is 5.10 Å². The Hall–Kier alpha value is -3.34. The van der Waals surface area contributed by atoms with Crippen LogP contribution in [0.2, 0.25) is 5.02 Å². The highest BCUT2D eigenvalue weighted by molar-refractivity contribution is 6.31. The predicted octanol–water partition coefficient (Wildman–Crippen LogP) is 4.38. The molecule has 1 aliphatic rings. The van der Waals surface area contributed by atoms with Crippen LogP contribution in [-0.2, 0) is 4.74 Å². The second kappa shape index (κ2) is 9.37. The number of aliphatic hydroxyl groups excluding tert-OH is 1. The first-order chi connectivity index (χ1) is 16.9. The van der Waals surface area contributed by atoms with E-state index in [0.717, 1.165) is 18.3 Å². The van der Waals surface area contributed by atoms with E-state index in [1.54, 1.807) is 11.8 Å². The van der Waals surface area contributed by atoms with Crippen molar-refractivity contribution in [3.63, 3.8) is 0 Å². The van der Waals surface area contributed by atoms with Gasteiger partial charge in [0, 0.05) is 53.3 Å². The SMILES string of the molecule is Cc1nccnc1C(O)c1cc(-c2cnnc3c(F)c(N4CCOCC4)cc(F)c23)c(F)cc1Cl. The number of benzene rings is 2. The molecule has 0 bridgehead atoms. The maximum absolute atomic E-state index is 15.4. The van der Waals surface area contributed by atoms with Crippen molar-refractivity contribution in [1.82, 2.24) is 20.2 Å². The van der Waals surface area contributed by atoms with Crippen LogP contribution in [0, 0.1) is 24.4 Å². The molecule has 0 radical (unpaired) electrons. The lowest BCUT2D eigenvalue weighted by Crippen LogP contribution is -2.36. The van der Waals surface area contributed by atoms with E-state index in [1.165, 1.54) is 18.5 Å². The molecule has 35 heavy (non-hydrogen) atoms. The van der Waals surface area contributed by atoms with E-state index < -0.39 is 23.6 Å². The molecule has 0 amide bonds. The number of fused-ring (bicyclic) bond motifs is 1. The zero-order valence-electron chi connectivity index (χ0n) is 18.5. The maximum atomic E-state index is 15.4. The molecule has 2 aromatic carbocycles. The van der Waals surface area contributed by atoms with Gasteiger partial charge in [-0.25, -0.2) is 13.2 Å². The predicted molar refractivity (Wildman–Crippen MR) is 124 cm³/mol. The molecule has 180 valence electrons. The van der Waals surface area contributed by atoms with Gasteiger partial charge < -0.3 is 14.7 Å². The average Bonchev–Trinajstić information content (AvgIpc) is 2.86. The van der Waals surface area contributed by atoms with E-state index in [9.17, 15) is 5.11 Å². The minimum atomic E-state index is -1.33. The summed E-state index contributed by atoms with van der Waals surface area (Å²) in [5.74, 6) is -2.34. The minimum Gasteiger partial charge on any atom is -0.382 e. The lowest BCUT2D eigenvalue weighted by Gasteiger charge is -2.29. The molecule has 0 saturated carbocycles. The largest absolute Gasteiger partial charge is 0.382 e. The van der Waals surface area contributed by atoms with Crippen LogP contribution in [-0.4, -0.2) is 51.6 Å². The lowest BCUT2D eigenvalue weighted by molar-refractivity contribution is 0.122. The van der Waals surface area contributed by atoms with Gasteiger partial charge in [-0.1, -0.05) is 11.6 Å². The summed E-state index contributed by atoms with van der Waals surface area (Å²) in [5.41, 5.74) is 0.378. The van der Waals surface area contributed by atoms with E-state index in [4.69, 9.17) is 16.3 Å². The van der Waals surface area contributed by atoms with Gasteiger partial charge in [0.25, 0.3) is 0 Å². The molecule has 1 N–H and O–H groups in total. The third-order valence-electron chi connectivity index (χ3n) is 5.99. The lowest BCUT2D eigenvalue weighted by atomic mass is 9.96. The summed E-state index contributed by atoms with van der Waals surface area (Å²) < 4.78 is 51.2. The van der Waals surface area contributed by atoms with Gasteiger partial charge in [-0.2, -0.15) is 5.10 Å². The second-order valence-corrected chi connectivity index (χ2v) is 8.46. The summed E-state index contributed by atoms with van der Waals surface area (Å²) in [6.07, 6.45) is 2.70. The number of anilines is 1. The van der Waals surface area contributed by atoms with Crippen LogP contribution in [0.15, 0.2) is 36.8 Å². The Labute approximate surface area is 203 Å². The highest BCUT2D eigenvalue weighted by Crippen LogP contribution is 2.39. The molecule has 7 nitrogen and oxygen atoms in total. The van der Waals surface area contributed by atoms with Crippen molar-refractivity contribution in [3.05, 3.63) is 76.2 Å². The Balaban J connectivity index is 1.67. The van der Waals surface area contributed by atoms with E-state index in [2.05, 4.69) is 20.2 Å². The highest BCUT2D eigenvalue weighted by atomic mass is 35.5. The van der Waals surface area contributed by atoms with Crippen molar-refractivity contribution in [3.8, 4) is 11.1 Å². The van der Waals surface area contributed by atoms with Crippen molar-refractivity contribution in [2.45, 2.75) is 13.0 Å². The number of ether oxygens (including phenoxy) is 1. The van der Waals surface area contributed by atoms with Gasteiger partial charge in [0.2, 0.25) is 0 Å². The first kappa shape index (κ1) is 23.4. The van der Waals surface area contributed by atoms with E-state index in [0.29, 0.717) is 32.0 Å². The molecule has 4 aromatic rings. The van der Waals surface area contributed by atoms with Gasteiger partial charge in [0.1, 0.15) is 23.3 Å². The van der Waals surface area contributed by atoms with Crippen molar-refractivity contribution in [2.24, 2.45) is 0 Å². The number of aliphatic hydroxyl groups is 1. The average molecular weight is 502 g/mol. The van der Waals surface area contributed by atoms with Gasteiger partial charge >= 0.3 is 0 Å². The van der Waals surface area contributed by atoms with Crippen LogP contribution in [0.25, 0.3) is 22.0 Å². The first-order valence-electron chi connectivity index (χ1n) is 10.8. The number of nitrogens with zero attached hydrogens (tertiary/aromatic N) is 5. The summed E-state index contributed by atoms with van der Waals surface area (Å²) in [6, 6.07) is 3.35. The summed E-state index contributed by atoms with van der Waals surface area (Å²) in [6.45, 7) is 3.22. The maximum Gasteiger partial charge on any atom is 0.174 e. The van der Waals surface area contributed by atoms with Crippen molar-refractivity contribution >= 4 is 28.2 Å². The summed E-state index contributed by atoms with van der Waals surface area (Å²) >= 11 is 6.24. The van der Waals surface area contributed by atoms with Crippen molar-refractivity contribution < 1.29 is 23.0 Å². The third kappa shape index (κ3) is 4.18. The number of aromatic nitrogens is 4. The molecule has 1 atom stereocenters. The van der Waals surface area contributed by atoms with Crippen LogP contribution in [0.4, 0.5) is 18.9 Å². The van der Waals surface area contributed by atoms with Gasteiger partial charge in [-0.05, 0) is 19.1 Å². The van der Waals surface area contributed by atoms with Crippen LogP contribution in [0.3, 0.4) is 0 Å². The molecule has 11 heteroatoms. The fourth-order valence-electron chi connectivity index (χ4n) is 4.21. The zero-order chi connectivity index (χ0) is 24.7. The van der Waals surface area contributed by atoms with Gasteiger partial charge in [0.15, 0.2) is 5.82 Å². The molecule has 5 rings (SSSR count). The van der Waals surface area contributed by atoms with E-state index >= 15 is 13.2 Å². The number of halogens is 4. The molecule has 1 aliphatic heterocycles. The van der Waals surface area contributed by atoms with Crippen LogP contribution < -0.4 is 4.90 Å². The van der Waals surface area contributed by atoms with Gasteiger partial charge in [0.05, 0.1) is 41.9 Å². The van der Waals surface area contributed by atoms with E-state index in [1.807, 2.05) is 0 Å². The Bertz CT molecular complexity index is 1430. The molecule has 0 aliphatic carbocycles. The number of aryl methyl sites for hydroxylation is 1. The normalized spacial score (nSPS) is 15.0. The van der Waals surface area contributed by atoms with E-state index in [-0.39, 0.29) is 44.0 Å². The minimum absolute atomic E-state index is 0.0292. The molecule has 1 unspecified atom stereocenters. The standard InChI is InChI=1S/C24H19ClF3N5O2/c1-12-22(30-3-2-29-12)24(34)14-8-13(17(26)9-16(14)25)15-11-31-32-23-20(15)18(27)10-19(21(23)28)33-4-6-35-7-5-33/h2-3,8-11,24,34H,4-7H2,1H3. The quantitative estimate of drug-likeness (QED) is 0.444. The second-order valence-electron chi connectivity index (χ2n) is 8.06. The number of hydrogen-bond donors (Lipinski definition) is 1. The molecule has 3 heterocycles. The van der Waals surface area contributed by atoms with Gasteiger partial charge in [-0.3, -0.25) is 9.97 Å².